The molecule has 2 unspecified atom stereocenters. The van der Waals surface area contributed by atoms with Gasteiger partial charge in [0.2, 0.25) is 0 Å². The maximum absolute atomic E-state index is 12.6. The van der Waals surface area contributed by atoms with Crippen LogP contribution in [0.3, 0.4) is 0 Å². The van der Waals surface area contributed by atoms with E-state index in [9.17, 15) is 9.59 Å². The normalized spacial score (nSPS) is 17.5. The molecule has 0 N–H and O–H groups in total. The van der Waals surface area contributed by atoms with Gasteiger partial charge in [-0.05, 0) is 71.9 Å². The molecule has 4 aromatic carbocycles. The molecule has 2 heterocycles. The summed E-state index contributed by atoms with van der Waals surface area (Å²) in [6.07, 6.45) is 6.78. The molecule has 2 aliphatic heterocycles. The second-order valence-electron chi connectivity index (χ2n) is 13.5. The summed E-state index contributed by atoms with van der Waals surface area (Å²) in [7, 11) is 0. The fraction of sp³-hybridized carbons (Fsp3) is 0.364. The van der Waals surface area contributed by atoms with Crippen molar-refractivity contribution >= 4 is 11.9 Å². The van der Waals surface area contributed by atoms with E-state index in [-0.39, 0.29) is 24.4 Å². The van der Waals surface area contributed by atoms with Crippen molar-refractivity contribution in [2.75, 3.05) is 26.2 Å². The van der Waals surface area contributed by atoms with E-state index in [0.717, 1.165) is 47.2 Å². The topological polar surface area (TPSA) is 77.5 Å². The van der Waals surface area contributed by atoms with Crippen LogP contribution in [0, 0.1) is 0 Å². The number of ether oxygens (including phenoxy) is 2. The summed E-state index contributed by atoms with van der Waals surface area (Å²) >= 11 is 0. The molecule has 0 bridgehead atoms. The van der Waals surface area contributed by atoms with E-state index >= 15 is 0 Å². The van der Waals surface area contributed by atoms with Crippen molar-refractivity contribution in [2.45, 2.75) is 76.8 Å². The van der Waals surface area contributed by atoms with Crippen LogP contribution in [0.15, 0.2) is 121 Å². The SMILES string of the molecule is CCc1ccc(C(OC2CCN(OC(=O)/C=C/C(=O)ON3CCC(OC(c4ccccc4)c4ccc(CC)cc4)CC3)CC2)c2ccccc2)cc1. The summed E-state index contributed by atoms with van der Waals surface area (Å²) in [5.74, 6) is -1.22. The fourth-order valence-electron chi connectivity index (χ4n) is 6.77. The summed E-state index contributed by atoms with van der Waals surface area (Å²) < 4.78 is 13.3. The minimum absolute atomic E-state index is 0.0163. The monoisotopic (exact) mass is 702 g/mol. The molecule has 0 aromatic heterocycles. The predicted molar refractivity (Wildman–Crippen MR) is 201 cm³/mol. The van der Waals surface area contributed by atoms with Crippen molar-refractivity contribution in [2.24, 2.45) is 0 Å². The number of hydrogen-bond donors (Lipinski definition) is 0. The third kappa shape index (κ3) is 10.5. The lowest BCUT2D eigenvalue weighted by atomic mass is 9.98. The van der Waals surface area contributed by atoms with Crippen molar-refractivity contribution in [3.63, 3.8) is 0 Å². The zero-order valence-corrected chi connectivity index (χ0v) is 30.3. The van der Waals surface area contributed by atoms with Crippen LogP contribution in [0.5, 0.6) is 0 Å². The Morgan fingerprint density at radius 1 is 0.538 bits per heavy atom. The molecular weight excluding hydrogens is 652 g/mol. The summed E-state index contributed by atoms with van der Waals surface area (Å²) in [6.45, 7) is 6.46. The number of carbonyl (C=O) groups excluding carboxylic acids is 2. The number of rotatable bonds is 14. The summed E-state index contributed by atoms with van der Waals surface area (Å²) in [6, 6.07) is 37.8. The third-order valence-electron chi connectivity index (χ3n) is 9.84. The van der Waals surface area contributed by atoms with Crippen LogP contribution >= 0.6 is 0 Å². The molecule has 0 radical (unpaired) electrons. The van der Waals surface area contributed by atoms with Gasteiger partial charge in [0.25, 0.3) is 0 Å². The zero-order chi connectivity index (χ0) is 36.1. The van der Waals surface area contributed by atoms with Gasteiger partial charge in [-0.25, -0.2) is 9.59 Å². The Kier molecular flexibility index (Phi) is 13.4. The highest BCUT2D eigenvalue weighted by Gasteiger charge is 2.28. The number of aryl methyl sites for hydroxylation is 2. The maximum Gasteiger partial charge on any atom is 0.349 e. The second kappa shape index (κ2) is 18.8. The molecule has 2 atom stereocenters. The van der Waals surface area contributed by atoms with Crippen molar-refractivity contribution < 1.29 is 28.7 Å². The van der Waals surface area contributed by atoms with Gasteiger partial charge in [0.05, 0.1) is 12.2 Å². The molecule has 6 rings (SSSR count). The Balaban J connectivity index is 0.928. The number of nitrogens with zero attached hydrogens (tertiary/aromatic N) is 2. The highest BCUT2D eigenvalue weighted by Crippen LogP contribution is 2.32. The van der Waals surface area contributed by atoms with E-state index in [4.69, 9.17) is 19.1 Å². The van der Waals surface area contributed by atoms with E-state index < -0.39 is 11.9 Å². The molecule has 2 fully saturated rings. The largest absolute Gasteiger partial charge is 0.365 e. The summed E-state index contributed by atoms with van der Waals surface area (Å²) in [4.78, 5) is 36.2. The molecule has 8 nitrogen and oxygen atoms in total. The van der Waals surface area contributed by atoms with E-state index in [0.29, 0.717) is 51.9 Å². The Morgan fingerprint density at radius 3 is 1.19 bits per heavy atom. The smallest absolute Gasteiger partial charge is 0.349 e. The number of carbonyl (C=O) groups is 2. The Morgan fingerprint density at radius 2 is 0.865 bits per heavy atom. The van der Waals surface area contributed by atoms with Crippen LogP contribution < -0.4 is 0 Å². The van der Waals surface area contributed by atoms with Gasteiger partial charge in [0.1, 0.15) is 12.2 Å². The van der Waals surface area contributed by atoms with E-state index in [1.165, 1.54) is 11.1 Å². The quantitative estimate of drug-likeness (QED) is 0.122. The first-order valence-electron chi connectivity index (χ1n) is 18.7. The Bertz CT molecular complexity index is 1580. The molecule has 0 spiro atoms. The lowest BCUT2D eigenvalue weighted by molar-refractivity contribution is -0.198. The van der Waals surface area contributed by atoms with Crippen molar-refractivity contribution in [1.29, 1.82) is 0 Å². The van der Waals surface area contributed by atoms with E-state index in [2.05, 4.69) is 86.6 Å². The standard InChI is InChI=1S/C44H50N2O6/c1-3-33-15-19-37(20-16-33)43(35-11-7-5-8-12-35)49-39-25-29-45(30-26-39)51-41(47)23-24-42(48)52-46-31-27-40(28-32-46)50-44(36-13-9-6-10-14-36)38-21-17-34(4-2)18-22-38/h5-24,39-40,43-44H,3-4,25-32H2,1-2H3/b24-23+. The van der Waals surface area contributed by atoms with Gasteiger partial charge < -0.3 is 19.1 Å². The molecule has 2 aliphatic rings. The van der Waals surface area contributed by atoms with Gasteiger partial charge in [0, 0.05) is 38.3 Å². The van der Waals surface area contributed by atoms with Crippen molar-refractivity contribution in [3.05, 3.63) is 155 Å². The van der Waals surface area contributed by atoms with Gasteiger partial charge >= 0.3 is 11.9 Å². The zero-order valence-electron chi connectivity index (χ0n) is 30.3. The molecule has 0 amide bonds. The number of benzene rings is 4. The van der Waals surface area contributed by atoms with E-state index in [1.807, 2.05) is 36.4 Å². The van der Waals surface area contributed by atoms with Gasteiger partial charge in [-0.3, -0.25) is 0 Å². The lowest BCUT2D eigenvalue weighted by Crippen LogP contribution is -2.39. The van der Waals surface area contributed by atoms with Gasteiger partial charge in [-0.2, -0.15) is 0 Å². The summed E-state index contributed by atoms with van der Waals surface area (Å²) in [5, 5.41) is 3.27. The first kappa shape index (κ1) is 37.2. The van der Waals surface area contributed by atoms with Gasteiger partial charge in [-0.15, -0.1) is 10.1 Å². The van der Waals surface area contributed by atoms with Gasteiger partial charge in [0.15, 0.2) is 0 Å². The van der Waals surface area contributed by atoms with Crippen LogP contribution in [-0.2, 0) is 41.6 Å². The van der Waals surface area contributed by atoms with Crippen molar-refractivity contribution in [3.8, 4) is 0 Å². The maximum atomic E-state index is 12.6. The Labute approximate surface area is 307 Å². The number of hydroxylamine groups is 4. The van der Waals surface area contributed by atoms with Gasteiger partial charge in [-0.1, -0.05) is 123 Å². The lowest BCUT2D eigenvalue weighted by Gasteiger charge is -2.33. The highest BCUT2D eigenvalue weighted by molar-refractivity contribution is 5.91. The average molecular weight is 703 g/mol. The number of piperidine rings is 2. The minimum atomic E-state index is -0.611. The molecule has 52 heavy (non-hydrogen) atoms. The van der Waals surface area contributed by atoms with E-state index in [1.54, 1.807) is 10.1 Å². The predicted octanol–water partition coefficient (Wildman–Crippen LogP) is 8.13. The molecule has 0 aliphatic carbocycles. The minimum Gasteiger partial charge on any atom is -0.365 e. The first-order valence-corrected chi connectivity index (χ1v) is 18.7. The Hall–Kier alpha value is -4.60. The first-order chi connectivity index (χ1) is 25.5. The van der Waals surface area contributed by atoms with Crippen LogP contribution in [0.25, 0.3) is 0 Å². The molecule has 4 aromatic rings. The van der Waals surface area contributed by atoms with Crippen LogP contribution in [0.1, 0.15) is 85.1 Å². The second-order valence-corrected chi connectivity index (χ2v) is 13.5. The van der Waals surface area contributed by atoms with Crippen molar-refractivity contribution in [1.82, 2.24) is 10.1 Å². The molecular formula is C44H50N2O6. The molecule has 272 valence electrons. The highest BCUT2D eigenvalue weighted by atomic mass is 16.7. The fourth-order valence-corrected chi connectivity index (χ4v) is 6.77. The van der Waals surface area contributed by atoms with Crippen LogP contribution in [0.4, 0.5) is 0 Å². The molecule has 2 saturated heterocycles. The number of hydrogen-bond acceptors (Lipinski definition) is 8. The molecule has 8 heteroatoms. The van der Waals surface area contributed by atoms with Crippen LogP contribution in [0.2, 0.25) is 0 Å². The molecule has 0 saturated carbocycles. The van der Waals surface area contributed by atoms with Crippen LogP contribution in [-0.4, -0.2) is 60.5 Å². The summed E-state index contributed by atoms with van der Waals surface area (Å²) in [5.41, 5.74) is 7.05. The third-order valence-corrected chi connectivity index (χ3v) is 9.84. The average Bonchev–Trinajstić information content (AvgIpc) is 3.20.